The summed E-state index contributed by atoms with van der Waals surface area (Å²) in [6, 6.07) is 6.48. The first kappa shape index (κ1) is 14.9. The van der Waals surface area contributed by atoms with E-state index in [1.54, 1.807) is 30.3 Å². The maximum Gasteiger partial charge on any atom is 0.307 e. The molecular weight excluding hydrogens is 244 g/mol. The van der Waals surface area contributed by atoms with Crippen LogP contribution in [0.15, 0.2) is 36.9 Å². The third-order valence-corrected chi connectivity index (χ3v) is 2.67. The Labute approximate surface area is 112 Å². The molecule has 1 aromatic rings. The molecule has 0 spiro atoms. The zero-order chi connectivity index (χ0) is 14.3. The Morgan fingerprint density at radius 2 is 2.00 bits per heavy atom. The number of hydrogen-bond donors (Lipinski definition) is 3. The molecule has 0 aliphatic heterocycles. The normalized spacial score (nSPS) is 11.6. The number of amides is 1. The molecule has 0 aliphatic rings. The number of carboxylic acid groups (broad SMARTS) is 1. The summed E-state index contributed by atoms with van der Waals surface area (Å²) < 4.78 is 0. The molecule has 5 heteroatoms. The Balaban J connectivity index is 2.64. The van der Waals surface area contributed by atoms with E-state index in [0.29, 0.717) is 12.0 Å². The van der Waals surface area contributed by atoms with E-state index in [2.05, 4.69) is 11.9 Å². The van der Waals surface area contributed by atoms with Gasteiger partial charge in [-0.3, -0.25) is 9.59 Å². The Morgan fingerprint density at radius 3 is 2.58 bits per heavy atom. The highest BCUT2D eigenvalue weighted by molar-refractivity contribution is 5.81. The van der Waals surface area contributed by atoms with Crippen molar-refractivity contribution in [3.8, 4) is 0 Å². The van der Waals surface area contributed by atoms with Gasteiger partial charge in [0.25, 0.3) is 0 Å². The van der Waals surface area contributed by atoms with Crippen LogP contribution in [0.3, 0.4) is 0 Å². The average molecular weight is 262 g/mol. The van der Waals surface area contributed by atoms with Crippen LogP contribution in [0.5, 0.6) is 0 Å². The number of aliphatic carboxylic acids is 1. The van der Waals surface area contributed by atoms with E-state index >= 15 is 0 Å². The summed E-state index contributed by atoms with van der Waals surface area (Å²) in [6.45, 7) is 3.79. The first-order valence-corrected chi connectivity index (χ1v) is 5.97. The average Bonchev–Trinajstić information content (AvgIpc) is 2.37. The topological polar surface area (TPSA) is 92.4 Å². The number of nitrogens with two attached hydrogens (primary N) is 1. The molecule has 1 amide bonds. The van der Waals surface area contributed by atoms with E-state index in [-0.39, 0.29) is 18.9 Å². The van der Waals surface area contributed by atoms with Crippen molar-refractivity contribution in [3.05, 3.63) is 48.0 Å². The minimum absolute atomic E-state index is 0.0647. The summed E-state index contributed by atoms with van der Waals surface area (Å²) in [5, 5.41) is 11.5. The fourth-order valence-electron chi connectivity index (χ4n) is 1.67. The largest absolute Gasteiger partial charge is 0.481 e. The number of hydrogen-bond acceptors (Lipinski definition) is 3. The fourth-order valence-corrected chi connectivity index (χ4v) is 1.67. The van der Waals surface area contributed by atoms with Crippen LogP contribution in [-0.2, 0) is 22.6 Å². The van der Waals surface area contributed by atoms with E-state index in [9.17, 15) is 9.59 Å². The van der Waals surface area contributed by atoms with Gasteiger partial charge >= 0.3 is 5.97 Å². The van der Waals surface area contributed by atoms with E-state index in [1.807, 2.05) is 0 Å². The number of rotatable bonds is 7. The molecular formula is C14H18N2O3. The number of benzene rings is 1. The number of carbonyl (C=O) groups is 2. The highest BCUT2D eigenvalue weighted by Crippen LogP contribution is 2.09. The number of carbonyl (C=O) groups excluding carboxylic acids is 1. The van der Waals surface area contributed by atoms with E-state index in [4.69, 9.17) is 10.8 Å². The molecule has 5 nitrogen and oxygen atoms in total. The minimum Gasteiger partial charge on any atom is -0.481 e. The molecule has 0 radical (unpaired) electrons. The van der Waals surface area contributed by atoms with Gasteiger partial charge in [-0.15, -0.1) is 6.58 Å². The van der Waals surface area contributed by atoms with Crippen molar-refractivity contribution < 1.29 is 14.7 Å². The van der Waals surface area contributed by atoms with Crippen molar-refractivity contribution in [2.45, 2.75) is 25.4 Å². The maximum atomic E-state index is 11.6. The van der Waals surface area contributed by atoms with Crippen LogP contribution in [-0.4, -0.2) is 23.0 Å². The molecule has 4 N–H and O–H groups in total. The van der Waals surface area contributed by atoms with Crippen LogP contribution in [0.1, 0.15) is 17.5 Å². The van der Waals surface area contributed by atoms with Gasteiger partial charge in [0.05, 0.1) is 12.5 Å². The second-order valence-corrected chi connectivity index (χ2v) is 4.19. The van der Waals surface area contributed by atoms with Crippen LogP contribution in [0.4, 0.5) is 0 Å². The SMILES string of the molecule is C=CCC(N)C(=O)NCc1ccccc1CC(=O)O. The molecule has 1 unspecified atom stereocenters. The number of nitrogens with one attached hydrogen (secondary N) is 1. The Hall–Kier alpha value is -2.14. The molecule has 19 heavy (non-hydrogen) atoms. The van der Waals surface area contributed by atoms with E-state index < -0.39 is 12.0 Å². The smallest absolute Gasteiger partial charge is 0.307 e. The Kier molecular flexibility index (Phi) is 5.75. The lowest BCUT2D eigenvalue weighted by Crippen LogP contribution is -2.39. The minimum atomic E-state index is -0.901. The molecule has 0 heterocycles. The van der Waals surface area contributed by atoms with Gasteiger partial charge in [0.15, 0.2) is 0 Å². The van der Waals surface area contributed by atoms with Crippen molar-refractivity contribution >= 4 is 11.9 Å². The van der Waals surface area contributed by atoms with Gasteiger partial charge in [0.2, 0.25) is 5.91 Å². The second-order valence-electron chi connectivity index (χ2n) is 4.19. The third kappa shape index (κ3) is 4.93. The Morgan fingerprint density at radius 1 is 1.37 bits per heavy atom. The van der Waals surface area contributed by atoms with Crippen LogP contribution >= 0.6 is 0 Å². The molecule has 0 saturated heterocycles. The zero-order valence-electron chi connectivity index (χ0n) is 10.6. The van der Waals surface area contributed by atoms with Gasteiger partial charge in [-0.2, -0.15) is 0 Å². The van der Waals surface area contributed by atoms with E-state index in [1.165, 1.54) is 0 Å². The van der Waals surface area contributed by atoms with E-state index in [0.717, 1.165) is 5.56 Å². The van der Waals surface area contributed by atoms with Crippen molar-refractivity contribution in [1.82, 2.24) is 5.32 Å². The van der Waals surface area contributed by atoms with Gasteiger partial charge < -0.3 is 16.2 Å². The predicted octanol–water partition coefficient (Wildman–Crippen LogP) is 0.833. The lowest BCUT2D eigenvalue weighted by Gasteiger charge is -2.12. The summed E-state index contributed by atoms with van der Waals surface area (Å²) in [5.41, 5.74) is 7.10. The molecule has 1 rings (SSSR count). The van der Waals surface area contributed by atoms with Crippen LogP contribution in [0.25, 0.3) is 0 Å². The first-order chi connectivity index (χ1) is 9.04. The summed E-state index contributed by atoms with van der Waals surface area (Å²) in [7, 11) is 0. The van der Waals surface area contributed by atoms with Gasteiger partial charge in [0.1, 0.15) is 0 Å². The summed E-state index contributed by atoms with van der Waals surface area (Å²) >= 11 is 0. The van der Waals surface area contributed by atoms with Gasteiger partial charge in [-0.1, -0.05) is 30.3 Å². The van der Waals surface area contributed by atoms with Crippen molar-refractivity contribution in [2.24, 2.45) is 5.73 Å². The Bertz CT molecular complexity index is 472. The molecule has 0 aliphatic carbocycles. The molecule has 102 valence electrons. The summed E-state index contributed by atoms with van der Waals surface area (Å²) in [5.74, 6) is -1.17. The lowest BCUT2D eigenvalue weighted by atomic mass is 10.0. The molecule has 0 saturated carbocycles. The van der Waals surface area contributed by atoms with Gasteiger partial charge in [-0.25, -0.2) is 0 Å². The zero-order valence-corrected chi connectivity index (χ0v) is 10.6. The standard InChI is InChI=1S/C14H18N2O3/c1-2-5-12(15)14(19)16-9-11-7-4-3-6-10(11)8-13(17)18/h2-4,6-7,12H,1,5,8-9,15H2,(H,16,19)(H,17,18). The van der Waals surface area contributed by atoms with Crippen LogP contribution in [0.2, 0.25) is 0 Å². The highest BCUT2D eigenvalue weighted by Gasteiger charge is 2.12. The van der Waals surface area contributed by atoms with Gasteiger partial charge in [-0.05, 0) is 17.5 Å². The summed E-state index contributed by atoms with van der Waals surface area (Å²) in [6.07, 6.45) is 1.93. The fraction of sp³-hybridized carbons (Fsp3) is 0.286. The molecule has 0 bridgehead atoms. The first-order valence-electron chi connectivity index (χ1n) is 5.97. The van der Waals surface area contributed by atoms with Crippen molar-refractivity contribution in [3.63, 3.8) is 0 Å². The van der Waals surface area contributed by atoms with Crippen molar-refractivity contribution in [1.29, 1.82) is 0 Å². The molecule has 1 aromatic carbocycles. The quantitative estimate of drug-likeness (QED) is 0.635. The highest BCUT2D eigenvalue weighted by atomic mass is 16.4. The number of carboxylic acids is 1. The molecule has 1 atom stereocenters. The van der Waals surface area contributed by atoms with Gasteiger partial charge in [0, 0.05) is 6.54 Å². The van der Waals surface area contributed by atoms with Crippen LogP contribution < -0.4 is 11.1 Å². The lowest BCUT2D eigenvalue weighted by molar-refractivity contribution is -0.136. The third-order valence-electron chi connectivity index (χ3n) is 2.67. The second kappa shape index (κ2) is 7.33. The maximum absolute atomic E-state index is 11.6. The summed E-state index contributed by atoms with van der Waals surface area (Å²) in [4.78, 5) is 22.4. The van der Waals surface area contributed by atoms with Crippen LogP contribution in [0, 0.1) is 0 Å². The monoisotopic (exact) mass is 262 g/mol. The molecule has 0 fully saturated rings. The molecule has 0 aromatic heterocycles. The van der Waals surface area contributed by atoms with Crippen molar-refractivity contribution in [2.75, 3.05) is 0 Å². The predicted molar refractivity (Wildman–Crippen MR) is 72.4 cm³/mol.